The lowest BCUT2D eigenvalue weighted by atomic mass is 10.2. The normalized spacial score (nSPS) is 23.0. The van der Waals surface area contributed by atoms with Crippen LogP contribution in [0.4, 0.5) is 0 Å². The molecular weight excluding hydrogens is 346 g/mol. The molecule has 1 heterocycles. The van der Waals surface area contributed by atoms with Crippen LogP contribution in [0.25, 0.3) is 11.4 Å². The van der Waals surface area contributed by atoms with Crippen molar-refractivity contribution in [2.45, 2.75) is 37.6 Å². The molecule has 0 aliphatic heterocycles. The smallest absolute Gasteiger partial charge is 0.246 e. The third kappa shape index (κ3) is 3.81. The Morgan fingerprint density at radius 1 is 1.40 bits per heavy atom. The highest BCUT2D eigenvalue weighted by atomic mass is 35.5. The minimum Gasteiger partial charge on any atom is -0.388 e. The summed E-state index contributed by atoms with van der Waals surface area (Å²) in [6.45, 7) is -0.0437. The Balaban J connectivity index is 1.64. The fourth-order valence-corrected chi connectivity index (χ4v) is 3.17. The number of amides is 1. The van der Waals surface area contributed by atoms with Crippen molar-refractivity contribution >= 4 is 17.5 Å². The van der Waals surface area contributed by atoms with Gasteiger partial charge in [-0.1, -0.05) is 11.6 Å². The summed E-state index contributed by atoms with van der Waals surface area (Å²) in [4.78, 5) is 15.2. The number of methoxy groups -OCH3 is 1. The zero-order valence-electron chi connectivity index (χ0n) is 14.0. The molecule has 9 heteroatoms. The van der Waals surface area contributed by atoms with E-state index in [0.717, 1.165) is 12.0 Å². The molecule has 1 aliphatic carbocycles. The molecule has 3 rings (SSSR count). The van der Waals surface area contributed by atoms with Gasteiger partial charge in [-0.15, -0.1) is 10.2 Å². The van der Waals surface area contributed by atoms with Crippen LogP contribution in [0.15, 0.2) is 24.3 Å². The van der Waals surface area contributed by atoms with Gasteiger partial charge in [-0.05, 0) is 42.3 Å². The van der Waals surface area contributed by atoms with Gasteiger partial charge in [0.05, 0.1) is 12.1 Å². The van der Waals surface area contributed by atoms with Crippen molar-refractivity contribution < 1.29 is 14.6 Å². The number of aliphatic hydroxyl groups is 1. The molecule has 3 atom stereocenters. The molecule has 0 bridgehead atoms. The van der Waals surface area contributed by atoms with Gasteiger partial charge in [0.25, 0.3) is 0 Å². The van der Waals surface area contributed by atoms with Crippen molar-refractivity contribution in [3.8, 4) is 11.4 Å². The fourth-order valence-electron chi connectivity index (χ4n) is 3.05. The number of benzene rings is 1. The van der Waals surface area contributed by atoms with Crippen molar-refractivity contribution in [3.05, 3.63) is 29.3 Å². The summed E-state index contributed by atoms with van der Waals surface area (Å²) in [5, 5.41) is 23.0. The van der Waals surface area contributed by atoms with Gasteiger partial charge in [0.15, 0.2) is 0 Å². The summed E-state index contributed by atoms with van der Waals surface area (Å²) in [6, 6.07) is 6.79. The molecule has 0 saturated heterocycles. The maximum Gasteiger partial charge on any atom is 0.246 e. The van der Waals surface area contributed by atoms with E-state index in [1.54, 1.807) is 38.4 Å². The van der Waals surface area contributed by atoms with Gasteiger partial charge in [0.1, 0.15) is 12.6 Å². The molecule has 1 amide bonds. The first-order valence-corrected chi connectivity index (χ1v) is 8.37. The molecule has 1 N–H and O–H groups in total. The van der Waals surface area contributed by atoms with Crippen molar-refractivity contribution in [2.75, 3.05) is 14.2 Å². The van der Waals surface area contributed by atoms with E-state index in [1.165, 1.54) is 9.70 Å². The quantitative estimate of drug-likeness (QED) is 0.849. The summed E-state index contributed by atoms with van der Waals surface area (Å²) in [5.74, 6) is 0.230. The van der Waals surface area contributed by atoms with Gasteiger partial charge in [0.2, 0.25) is 11.7 Å². The first kappa shape index (κ1) is 17.8. The average Bonchev–Trinajstić information content (AvgIpc) is 3.21. The molecule has 8 nitrogen and oxygen atoms in total. The number of carbonyl (C=O) groups is 1. The lowest BCUT2D eigenvalue weighted by Gasteiger charge is -2.28. The van der Waals surface area contributed by atoms with Crippen LogP contribution < -0.4 is 0 Å². The largest absolute Gasteiger partial charge is 0.388 e. The maximum atomic E-state index is 12.5. The monoisotopic (exact) mass is 365 g/mol. The molecule has 0 unspecified atom stereocenters. The van der Waals surface area contributed by atoms with Crippen LogP contribution in [0.2, 0.25) is 5.02 Å². The van der Waals surface area contributed by atoms with Crippen molar-refractivity contribution in [1.82, 2.24) is 25.1 Å². The van der Waals surface area contributed by atoms with Crippen molar-refractivity contribution in [3.63, 3.8) is 0 Å². The second kappa shape index (κ2) is 7.47. The van der Waals surface area contributed by atoms with Crippen LogP contribution in [0, 0.1) is 0 Å². The first-order valence-electron chi connectivity index (χ1n) is 8.00. The maximum absolute atomic E-state index is 12.5. The summed E-state index contributed by atoms with van der Waals surface area (Å²) in [5.41, 5.74) is 0.769. The zero-order chi connectivity index (χ0) is 18.0. The highest BCUT2D eigenvalue weighted by Gasteiger charge is 2.38. The standard InChI is InChI=1S/C16H20ClN5O3/c1-21(12-7-8-13(25-2)15(12)24)14(23)9-22-19-16(18-20-22)10-3-5-11(17)6-4-10/h3-6,12-13,15,24H,7-9H2,1-2H3/t12-,13-,15-/m1/s1. The summed E-state index contributed by atoms with van der Waals surface area (Å²) in [6.07, 6.45) is 0.499. The van der Waals surface area contributed by atoms with Crippen LogP contribution >= 0.6 is 11.6 Å². The van der Waals surface area contributed by atoms with E-state index in [4.69, 9.17) is 16.3 Å². The molecule has 1 aromatic carbocycles. The molecule has 1 fully saturated rings. The molecular formula is C16H20ClN5O3. The molecule has 134 valence electrons. The van der Waals surface area contributed by atoms with Gasteiger partial charge in [-0.3, -0.25) is 4.79 Å². The minimum atomic E-state index is -0.688. The number of rotatable bonds is 5. The number of tetrazole rings is 1. The number of nitrogens with zero attached hydrogens (tertiary/aromatic N) is 5. The SMILES string of the molecule is CO[C@@H]1CC[C@@H](N(C)C(=O)Cn2nnc(-c3ccc(Cl)cc3)n2)[C@H]1O. The second-order valence-electron chi connectivity index (χ2n) is 6.06. The molecule has 0 spiro atoms. The van der Waals surface area contributed by atoms with Gasteiger partial charge in [0, 0.05) is 24.7 Å². The van der Waals surface area contributed by atoms with E-state index in [2.05, 4.69) is 15.4 Å². The highest BCUT2D eigenvalue weighted by Crippen LogP contribution is 2.26. The fraction of sp³-hybridized carbons (Fsp3) is 0.500. The lowest BCUT2D eigenvalue weighted by molar-refractivity contribution is -0.135. The van der Waals surface area contributed by atoms with Gasteiger partial charge < -0.3 is 14.7 Å². The predicted octanol–water partition coefficient (Wildman–Crippen LogP) is 0.990. The Labute approximate surface area is 150 Å². The van der Waals surface area contributed by atoms with E-state index in [0.29, 0.717) is 17.3 Å². The second-order valence-corrected chi connectivity index (χ2v) is 6.50. The van der Waals surface area contributed by atoms with Crippen LogP contribution in [-0.2, 0) is 16.1 Å². The van der Waals surface area contributed by atoms with E-state index >= 15 is 0 Å². The zero-order valence-corrected chi connectivity index (χ0v) is 14.8. The molecule has 1 aliphatic rings. The molecule has 1 aromatic heterocycles. The highest BCUT2D eigenvalue weighted by molar-refractivity contribution is 6.30. The number of carbonyl (C=O) groups excluding carboxylic acids is 1. The van der Waals surface area contributed by atoms with Crippen LogP contribution in [0.1, 0.15) is 12.8 Å². The van der Waals surface area contributed by atoms with Gasteiger partial charge in [-0.25, -0.2) is 0 Å². The Kier molecular flexibility index (Phi) is 5.31. The number of aromatic nitrogens is 4. The first-order chi connectivity index (χ1) is 12.0. The Hall–Kier alpha value is -2.03. The number of likely N-dealkylation sites (N-methyl/N-ethyl adjacent to an activating group) is 1. The van der Waals surface area contributed by atoms with Crippen LogP contribution in [-0.4, -0.2) is 68.5 Å². The molecule has 2 aromatic rings. The van der Waals surface area contributed by atoms with E-state index in [1.807, 2.05) is 0 Å². The van der Waals surface area contributed by atoms with Gasteiger partial charge in [-0.2, -0.15) is 4.80 Å². The Morgan fingerprint density at radius 3 is 2.76 bits per heavy atom. The van der Waals surface area contributed by atoms with Crippen LogP contribution in [0.3, 0.4) is 0 Å². The topological polar surface area (TPSA) is 93.4 Å². The summed E-state index contributed by atoms with van der Waals surface area (Å²) < 4.78 is 5.23. The number of hydrogen-bond donors (Lipinski definition) is 1. The van der Waals surface area contributed by atoms with Crippen molar-refractivity contribution in [1.29, 1.82) is 0 Å². The molecule has 0 radical (unpaired) electrons. The minimum absolute atomic E-state index is 0.0437. The lowest BCUT2D eigenvalue weighted by Crippen LogP contribution is -2.45. The van der Waals surface area contributed by atoms with Gasteiger partial charge >= 0.3 is 0 Å². The number of ether oxygens (including phenoxy) is 1. The van der Waals surface area contributed by atoms with Crippen LogP contribution in [0.5, 0.6) is 0 Å². The van der Waals surface area contributed by atoms with E-state index in [-0.39, 0.29) is 24.6 Å². The number of aliphatic hydroxyl groups excluding tert-OH is 1. The third-order valence-electron chi connectivity index (χ3n) is 4.55. The molecule has 25 heavy (non-hydrogen) atoms. The number of hydrogen-bond acceptors (Lipinski definition) is 6. The van der Waals surface area contributed by atoms with Crippen molar-refractivity contribution in [2.24, 2.45) is 0 Å². The summed E-state index contributed by atoms with van der Waals surface area (Å²) in [7, 11) is 3.24. The number of halogens is 1. The Morgan fingerprint density at radius 2 is 2.12 bits per heavy atom. The van der Waals surface area contributed by atoms with E-state index in [9.17, 15) is 9.90 Å². The van der Waals surface area contributed by atoms with E-state index < -0.39 is 6.10 Å². The predicted molar refractivity (Wildman–Crippen MR) is 90.9 cm³/mol. The Bertz CT molecular complexity index is 736. The average molecular weight is 366 g/mol. The third-order valence-corrected chi connectivity index (χ3v) is 4.80. The summed E-state index contributed by atoms with van der Waals surface area (Å²) >= 11 is 5.86. The molecule has 1 saturated carbocycles.